The van der Waals surface area contributed by atoms with Crippen molar-refractivity contribution in [3.05, 3.63) is 24.0 Å². The molecule has 3 aromatic heterocycles. The third kappa shape index (κ3) is 1.96. The maximum atomic E-state index is 9.08. The molecule has 0 amide bonds. The van der Waals surface area contributed by atoms with Gasteiger partial charge in [0, 0.05) is 19.3 Å². The lowest BCUT2D eigenvalue weighted by Gasteiger charge is -2.17. The van der Waals surface area contributed by atoms with E-state index in [1.165, 1.54) is 18.5 Å². The zero-order valence-corrected chi connectivity index (χ0v) is 12.0. The van der Waals surface area contributed by atoms with Crippen LogP contribution in [0, 0.1) is 11.3 Å². The van der Waals surface area contributed by atoms with E-state index in [0.717, 1.165) is 28.2 Å². The van der Waals surface area contributed by atoms with Crippen molar-refractivity contribution in [2.75, 3.05) is 18.0 Å². The van der Waals surface area contributed by atoms with E-state index in [0.29, 0.717) is 11.4 Å². The molecule has 6 nitrogen and oxygen atoms in total. The number of aromatic amines is 1. The third-order valence-corrected chi connectivity index (χ3v) is 4.88. The maximum absolute atomic E-state index is 9.08. The number of anilines is 1. The molecule has 1 fully saturated rings. The fraction of sp³-hybridized carbons (Fsp3) is 0.286. The minimum Gasteiger partial charge on any atom is -0.370 e. The van der Waals surface area contributed by atoms with Gasteiger partial charge in [-0.3, -0.25) is 4.98 Å². The van der Waals surface area contributed by atoms with Crippen molar-refractivity contribution in [1.82, 2.24) is 20.4 Å². The van der Waals surface area contributed by atoms with E-state index in [1.807, 2.05) is 12.3 Å². The van der Waals surface area contributed by atoms with E-state index in [4.69, 9.17) is 5.26 Å². The largest absolute Gasteiger partial charge is 0.370 e. The number of H-pyrrole nitrogens is 1. The fourth-order valence-electron chi connectivity index (χ4n) is 2.73. The number of thiophene rings is 1. The number of hydrogen-bond acceptors (Lipinski definition) is 6. The molecule has 0 radical (unpaired) electrons. The number of nitrogens with zero attached hydrogens (tertiary/aromatic N) is 5. The predicted molar refractivity (Wildman–Crippen MR) is 81.2 cm³/mol. The van der Waals surface area contributed by atoms with E-state index in [1.54, 1.807) is 11.3 Å². The van der Waals surface area contributed by atoms with Gasteiger partial charge in [0.05, 0.1) is 20.8 Å². The summed E-state index contributed by atoms with van der Waals surface area (Å²) in [6.07, 6.45) is 4.33. The first-order valence-electron chi connectivity index (χ1n) is 6.81. The van der Waals surface area contributed by atoms with E-state index < -0.39 is 0 Å². The average molecular weight is 296 g/mol. The molecular weight excluding hydrogens is 284 g/mol. The first kappa shape index (κ1) is 12.3. The van der Waals surface area contributed by atoms with Crippen LogP contribution < -0.4 is 4.90 Å². The second kappa shape index (κ2) is 4.82. The molecule has 1 N–H and O–H groups in total. The van der Waals surface area contributed by atoms with Crippen molar-refractivity contribution in [1.29, 1.82) is 5.26 Å². The normalized spacial score (nSPS) is 14.7. The van der Waals surface area contributed by atoms with E-state index in [-0.39, 0.29) is 0 Å². The Labute approximate surface area is 125 Å². The van der Waals surface area contributed by atoms with Crippen LogP contribution in [0.2, 0.25) is 0 Å². The SMILES string of the molecule is N#Cc1n[nH]nc1-c1cc2nccc(N3CCCC3)c2s1. The minimum absolute atomic E-state index is 0.323. The van der Waals surface area contributed by atoms with Crippen molar-refractivity contribution >= 4 is 27.2 Å². The quantitative estimate of drug-likeness (QED) is 0.786. The zero-order chi connectivity index (χ0) is 14.2. The van der Waals surface area contributed by atoms with Gasteiger partial charge in [0.25, 0.3) is 0 Å². The molecular formula is C14H12N6S. The summed E-state index contributed by atoms with van der Waals surface area (Å²) in [5.41, 5.74) is 3.11. The summed E-state index contributed by atoms with van der Waals surface area (Å²) in [5.74, 6) is 0. The number of hydrogen-bond donors (Lipinski definition) is 1. The van der Waals surface area contributed by atoms with Crippen molar-refractivity contribution in [2.24, 2.45) is 0 Å². The summed E-state index contributed by atoms with van der Waals surface area (Å²) in [7, 11) is 0. The van der Waals surface area contributed by atoms with Crippen LogP contribution in [0.15, 0.2) is 18.3 Å². The second-order valence-electron chi connectivity index (χ2n) is 4.98. The molecule has 4 rings (SSSR count). The average Bonchev–Trinajstić information content (AvgIpc) is 3.24. The number of aromatic nitrogens is 4. The Morgan fingerprint density at radius 3 is 2.95 bits per heavy atom. The standard InChI is InChI=1S/C14H12N6S/c15-8-10-13(18-19-17-10)12-7-9-14(21-12)11(3-4-16-9)20-5-1-2-6-20/h3-4,7H,1-2,5-6H2,(H,17,18,19). The Hall–Kier alpha value is -2.46. The molecule has 7 heteroatoms. The highest BCUT2D eigenvalue weighted by Crippen LogP contribution is 2.38. The highest BCUT2D eigenvalue weighted by molar-refractivity contribution is 7.22. The Kier molecular flexibility index (Phi) is 2.82. The minimum atomic E-state index is 0.323. The molecule has 1 aliphatic heterocycles. The van der Waals surface area contributed by atoms with Gasteiger partial charge in [0.15, 0.2) is 5.69 Å². The smallest absolute Gasteiger partial charge is 0.191 e. The number of rotatable bonds is 2. The van der Waals surface area contributed by atoms with Crippen molar-refractivity contribution in [3.8, 4) is 16.6 Å². The molecule has 1 saturated heterocycles. The van der Waals surface area contributed by atoms with Gasteiger partial charge in [-0.1, -0.05) is 0 Å². The Morgan fingerprint density at radius 1 is 1.29 bits per heavy atom. The van der Waals surface area contributed by atoms with Crippen molar-refractivity contribution in [2.45, 2.75) is 12.8 Å². The zero-order valence-electron chi connectivity index (χ0n) is 11.2. The van der Waals surface area contributed by atoms with E-state index in [2.05, 4.69) is 37.4 Å². The van der Waals surface area contributed by atoms with Crippen LogP contribution in [0.1, 0.15) is 18.5 Å². The third-order valence-electron chi connectivity index (χ3n) is 3.73. The Bertz CT molecular complexity index is 837. The summed E-state index contributed by atoms with van der Waals surface area (Å²) in [4.78, 5) is 7.77. The van der Waals surface area contributed by atoms with Crippen LogP contribution in [0.3, 0.4) is 0 Å². The molecule has 3 aromatic rings. The summed E-state index contributed by atoms with van der Waals surface area (Å²) in [6.45, 7) is 2.19. The molecule has 0 spiro atoms. The molecule has 0 unspecified atom stereocenters. The maximum Gasteiger partial charge on any atom is 0.191 e. The molecule has 0 bridgehead atoms. The molecule has 104 valence electrons. The van der Waals surface area contributed by atoms with E-state index >= 15 is 0 Å². The fourth-order valence-corrected chi connectivity index (χ4v) is 3.88. The lowest BCUT2D eigenvalue weighted by Crippen LogP contribution is -2.17. The first-order valence-corrected chi connectivity index (χ1v) is 7.63. The van der Waals surface area contributed by atoms with Crippen LogP contribution in [-0.4, -0.2) is 33.5 Å². The van der Waals surface area contributed by atoms with Gasteiger partial charge in [0.2, 0.25) is 0 Å². The van der Waals surface area contributed by atoms with Crippen LogP contribution >= 0.6 is 11.3 Å². The van der Waals surface area contributed by atoms with Gasteiger partial charge in [-0.25, -0.2) is 0 Å². The Balaban J connectivity index is 1.87. The van der Waals surface area contributed by atoms with Crippen LogP contribution in [0.5, 0.6) is 0 Å². The molecule has 0 aromatic carbocycles. The monoisotopic (exact) mass is 296 g/mol. The van der Waals surface area contributed by atoms with Gasteiger partial charge in [0.1, 0.15) is 11.8 Å². The van der Waals surface area contributed by atoms with Crippen molar-refractivity contribution in [3.63, 3.8) is 0 Å². The van der Waals surface area contributed by atoms with Gasteiger partial charge < -0.3 is 4.90 Å². The number of fused-ring (bicyclic) bond motifs is 1. The van der Waals surface area contributed by atoms with Gasteiger partial charge in [-0.15, -0.1) is 16.4 Å². The second-order valence-corrected chi connectivity index (χ2v) is 6.03. The van der Waals surface area contributed by atoms with Gasteiger partial charge in [-0.05, 0) is 25.0 Å². The molecule has 21 heavy (non-hydrogen) atoms. The van der Waals surface area contributed by atoms with Gasteiger partial charge >= 0.3 is 0 Å². The summed E-state index contributed by atoms with van der Waals surface area (Å²) >= 11 is 1.62. The predicted octanol–water partition coefficient (Wildman–Crippen LogP) is 2.55. The molecule has 4 heterocycles. The Morgan fingerprint density at radius 2 is 2.14 bits per heavy atom. The van der Waals surface area contributed by atoms with E-state index in [9.17, 15) is 0 Å². The molecule has 0 atom stereocenters. The number of nitriles is 1. The van der Waals surface area contributed by atoms with Crippen LogP contribution in [0.4, 0.5) is 5.69 Å². The first-order chi connectivity index (χ1) is 10.4. The summed E-state index contributed by atoms with van der Waals surface area (Å²) < 4.78 is 1.15. The molecule has 1 aliphatic rings. The highest BCUT2D eigenvalue weighted by Gasteiger charge is 2.19. The number of nitrogens with one attached hydrogen (secondary N) is 1. The summed E-state index contributed by atoms with van der Waals surface area (Å²) in [6, 6.07) is 6.11. The van der Waals surface area contributed by atoms with Gasteiger partial charge in [-0.2, -0.15) is 15.6 Å². The van der Waals surface area contributed by atoms with Crippen LogP contribution in [0.25, 0.3) is 20.8 Å². The molecule has 0 saturated carbocycles. The van der Waals surface area contributed by atoms with Crippen LogP contribution in [-0.2, 0) is 0 Å². The highest BCUT2D eigenvalue weighted by atomic mass is 32.1. The lowest BCUT2D eigenvalue weighted by atomic mass is 10.2. The lowest BCUT2D eigenvalue weighted by molar-refractivity contribution is 0.937. The van der Waals surface area contributed by atoms with Crippen molar-refractivity contribution < 1.29 is 0 Å². The summed E-state index contributed by atoms with van der Waals surface area (Å²) in [5, 5.41) is 19.5. The molecule has 0 aliphatic carbocycles. The number of pyridine rings is 1. The topological polar surface area (TPSA) is 81.5 Å².